The Hall–Kier alpha value is -2.21. The zero-order chi connectivity index (χ0) is 15.2. The van der Waals surface area contributed by atoms with E-state index in [4.69, 9.17) is 4.74 Å². The first-order chi connectivity index (χ1) is 10.1. The molecule has 108 valence electrons. The minimum atomic E-state index is -0.685. The van der Waals surface area contributed by atoms with Crippen molar-refractivity contribution in [1.82, 2.24) is 0 Å². The van der Waals surface area contributed by atoms with E-state index < -0.39 is 11.7 Å². The van der Waals surface area contributed by atoms with E-state index >= 15 is 0 Å². The van der Waals surface area contributed by atoms with Crippen molar-refractivity contribution in [2.75, 3.05) is 11.9 Å². The zero-order valence-electron chi connectivity index (χ0n) is 10.8. The lowest BCUT2D eigenvalue weighted by molar-refractivity contribution is -0.118. The highest BCUT2D eigenvalue weighted by molar-refractivity contribution is 9.10. The number of benzene rings is 2. The van der Waals surface area contributed by atoms with E-state index in [0.29, 0.717) is 12.0 Å². The summed E-state index contributed by atoms with van der Waals surface area (Å²) in [6.45, 7) is -0.329. The van der Waals surface area contributed by atoms with E-state index in [-0.39, 0.29) is 17.9 Å². The standard InChI is InChI=1S/C15H11BrFNO3/c16-11-2-1-3-12(7-11)18-15(20)9-21-14-5-4-10(8-19)6-13(14)17/h1-8H,9H2,(H,18,20). The molecule has 0 radical (unpaired) electrons. The predicted octanol–water partition coefficient (Wildman–Crippen LogP) is 3.42. The van der Waals surface area contributed by atoms with Crippen LogP contribution >= 0.6 is 15.9 Å². The van der Waals surface area contributed by atoms with Crippen LogP contribution < -0.4 is 10.1 Å². The van der Waals surface area contributed by atoms with E-state index in [9.17, 15) is 14.0 Å². The van der Waals surface area contributed by atoms with Crippen molar-refractivity contribution in [2.24, 2.45) is 0 Å². The monoisotopic (exact) mass is 351 g/mol. The number of ether oxygens (including phenoxy) is 1. The summed E-state index contributed by atoms with van der Waals surface area (Å²) in [5.41, 5.74) is 0.813. The number of rotatable bonds is 5. The molecule has 2 aromatic carbocycles. The molecule has 0 spiro atoms. The van der Waals surface area contributed by atoms with Crippen LogP contribution in [0, 0.1) is 5.82 Å². The van der Waals surface area contributed by atoms with Gasteiger partial charge in [-0.1, -0.05) is 22.0 Å². The Morgan fingerprint density at radius 1 is 1.29 bits per heavy atom. The van der Waals surface area contributed by atoms with Gasteiger partial charge in [0.05, 0.1) is 0 Å². The Balaban J connectivity index is 1.93. The Kier molecular flexibility index (Phi) is 5.05. The molecule has 0 unspecified atom stereocenters. The minimum Gasteiger partial charge on any atom is -0.481 e. The maximum absolute atomic E-state index is 13.5. The van der Waals surface area contributed by atoms with Crippen molar-refractivity contribution >= 4 is 33.8 Å². The molecule has 21 heavy (non-hydrogen) atoms. The topological polar surface area (TPSA) is 55.4 Å². The third-order valence-corrected chi connectivity index (χ3v) is 3.05. The SMILES string of the molecule is O=Cc1ccc(OCC(=O)Nc2cccc(Br)c2)c(F)c1. The van der Waals surface area contributed by atoms with Gasteiger partial charge in [0, 0.05) is 15.7 Å². The van der Waals surface area contributed by atoms with Crippen molar-refractivity contribution in [3.8, 4) is 5.75 Å². The lowest BCUT2D eigenvalue weighted by atomic mass is 10.2. The second-order valence-electron chi connectivity index (χ2n) is 4.15. The van der Waals surface area contributed by atoms with E-state index in [2.05, 4.69) is 21.2 Å². The van der Waals surface area contributed by atoms with Crippen LogP contribution in [0.5, 0.6) is 5.75 Å². The summed E-state index contributed by atoms with van der Waals surface area (Å²) in [5, 5.41) is 2.62. The number of anilines is 1. The first-order valence-corrected chi connectivity index (χ1v) is 6.81. The maximum atomic E-state index is 13.5. The van der Waals surface area contributed by atoms with Gasteiger partial charge in [0.1, 0.15) is 6.29 Å². The third-order valence-electron chi connectivity index (χ3n) is 2.56. The normalized spacial score (nSPS) is 10.0. The Bertz CT molecular complexity index is 676. The molecule has 1 amide bonds. The summed E-state index contributed by atoms with van der Waals surface area (Å²) < 4.78 is 19.5. The molecular weight excluding hydrogens is 341 g/mol. The van der Waals surface area contributed by atoms with Crippen LogP contribution in [0.15, 0.2) is 46.9 Å². The van der Waals surface area contributed by atoms with Gasteiger partial charge in [-0.05, 0) is 36.4 Å². The fraction of sp³-hybridized carbons (Fsp3) is 0.0667. The average molecular weight is 352 g/mol. The van der Waals surface area contributed by atoms with Gasteiger partial charge in [-0.15, -0.1) is 0 Å². The maximum Gasteiger partial charge on any atom is 0.262 e. The number of aldehydes is 1. The van der Waals surface area contributed by atoms with Crippen LogP contribution in [0.1, 0.15) is 10.4 Å². The lowest BCUT2D eigenvalue weighted by Crippen LogP contribution is -2.20. The summed E-state index contributed by atoms with van der Waals surface area (Å²) in [6.07, 6.45) is 0.535. The highest BCUT2D eigenvalue weighted by Crippen LogP contribution is 2.18. The summed E-state index contributed by atoms with van der Waals surface area (Å²) in [5.74, 6) is -1.17. The van der Waals surface area contributed by atoms with Gasteiger partial charge in [0.15, 0.2) is 18.2 Å². The van der Waals surface area contributed by atoms with Crippen molar-refractivity contribution < 1.29 is 18.7 Å². The smallest absolute Gasteiger partial charge is 0.262 e. The Morgan fingerprint density at radius 2 is 2.10 bits per heavy atom. The molecule has 1 N–H and O–H groups in total. The zero-order valence-corrected chi connectivity index (χ0v) is 12.4. The molecule has 6 heteroatoms. The van der Waals surface area contributed by atoms with E-state index in [1.165, 1.54) is 12.1 Å². The van der Waals surface area contributed by atoms with Gasteiger partial charge < -0.3 is 10.1 Å². The van der Waals surface area contributed by atoms with Gasteiger partial charge in [0.2, 0.25) is 0 Å². The molecular formula is C15H11BrFNO3. The molecule has 0 atom stereocenters. The van der Waals surface area contributed by atoms with Gasteiger partial charge >= 0.3 is 0 Å². The highest BCUT2D eigenvalue weighted by Gasteiger charge is 2.08. The number of hydrogen-bond acceptors (Lipinski definition) is 3. The first-order valence-electron chi connectivity index (χ1n) is 6.01. The fourth-order valence-corrected chi connectivity index (χ4v) is 2.01. The molecule has 4 nitrogen and oxygen atoms in total. The van der Waals surface area contributed by atoms with E-state index in [0.717, 1.165) is 10.5 Å². The van der Waals surface area contributed by atoms with Crippen LogP contribution in [0.2, 0.25) is 0 Å². The van der Waals surface area contributed by atoms with E-state index in [1.807, 2.05) is 6.07 Å². The minimum absolute atomic E-state index is 0.0787. The second kappa shape index (κ2) is 6.99. The first kappa shape index (κ1) is 15.2. The van der Waals surface area contributed by atoms with Crippen molar-refractivity contribution in [2.45, 2.75) is 0 Å². The van der Waals surface area contributed by atoms with Crippen molar-refractivity contribution in [1.29, 1.82) is 0 Å². The number of hydrogen-bond donors (Lipinski definition) is 1. The van der Waals surface area contributed by atoms with Crippen LogP contribution in [-0.4, -0.2) is 18.8 Å². The number of carbonyl (C=O) groups excluding carboxylic acids is 2. The van der Waals surface area contributed by atoms with Gasteiger partial charge in [-0.2, -0.15) is 0 Å². The van der Waals surface area contributed by atoms with Crippen LogP contribution in [0.25, 0.3) is 0 Å². The molecule has 0 saturated carbocycles. The molecule has 0 heterocycles. The summed E-state index contributed by atoms with van der Waals surface area (Å²) in [4.78, 5) is 22.2. The fourth-order valence-electron chi connectivity index (χ4n) is 1.61. The van der Waals surface area contributed by atoms with Crippen molar-refractivity contribution in [3.63, 3.8) is 0 Å². The van der Waals surface area contributed by atoms with Gasteiger partial charge in [0.25, 0.3) is 5.91 Å². The molecule has 0 aliphatic carbocycles. The highest BCUT2D eigenvalue weighted by atomic mass is 79.9. The summed E-state index contributed by atoms with van der Waals surface area (Å²) in [7, 11) is 0. The molecule has 0 aromatic heterocycles. The molecule has 2 rings (SSSR count). The number of halogens is 2. The molecule has 0 bridgehead atoms. The van der Waals surface area contributed by atoms with Gasteiger partial charge in [-0.25, -0.2) is 4.39 Å². The number of carbonyl (C=O) groups is 2. The number of nitrogens with one attached hydrogen (secondary N) is 1. The summed E-state index contributed by atoms with van der Waals surface area (Å²) in [6, 6.07) is 10.8. The Morgan fingerprint density at radius 3 is 2.76 bits per heavy atom. The quantitative estimate of drug-likeness (QED) is 0.839. The largest absolute Gasteiger partial charge is 0.481 e. The van der Waals surface area contributed by atoms with Crippen LogP contribution in [-0.2, 0) is 4.79 Å². The van der Waals surface area contributed by atoms with Crippen LogP contribution in [0.3, 0.4) is 0 Å². The predicted molar refractivity (Wildman–Crippen MR) is 80.1 cm³/mol. The van der Waals surface area contributed by atoms with Crippen molar-refractivity contribution in [3.05, 3.63) is 58.3 Å². The molecule has 0 aliphatic rings. The number of amides is 1. The third kappa shape index (κ3) is 4.39. The molecule has 2 aromatic rings. The second-order valence-corrected chi connectivity index (χ2v) is 5.07. The molecule has 0 fully saturated rings. The Labute approximate surface area is 129 Å². The van der Waals surface area contributed by atoms with Gasteiger partial charge in [-0.3, -0.25) is 9.59 Å². The lowest BCUT2D eigenvalue weighted by Gasteiger charge is -2.08. The average Bonchev–Trinajstić information content (AvgIpc) is 2.46. The van der Waals surface area contributed by atoms with E-state index in [1.54, 1.807) is 18.2 Å². The molecule has 0 saturated heterocycles. The van der Waals surface area contributed by atoms with Crippen LogP contribution in [0.4, 0.5) is 10.1 Å². The molecule has 0 aliphatic heterocycles. The summed E-state index contributed by atoms with van der Waals surface area (Å²) >= 11 is 3.29.